The molecule has 31 heavy (non-hydrogen) atoms. The predicted octanol–water partition coefficient (Wildman–Crippen LogP) is 8.23. The topological polar surface area (TPSA) is 0 Å². The number of aryl methyl sites for hydroxylation is 2. The van der Waals surface area contributed by atoms with Crippen LogP contribution in [0.1, 0.15) is 64.7 Å². The van der Waals surface area contributed by atoms with Crippen LogP contribution in [0.25, 0.3) is 5.57 Å². The maximum atomic E-state index is 2.70. The number of allylic oxidation sites excluding steroid dienone is 5. The van der Waals surface area contributed by atoms with E-state index in [-0.39, 0.29) is 5.43 Å². The van der Waals surface area contributed by atoms with Gasteiger partial charge in [0.05, 0.1) is 0 Å². The zero-order chi connectivity index (χ0) is 22.6. The Labute approximate surface area is 197 Å². The van der Waals surface area contributed by atoms with Gasteiger partial charge in [-0.25, -0.2) is 0 Å². The first-order valence-corrected chi connectivity index (χ1v) is 20.4. The van der Waals surface area contributed by atoms with Crippen LogP contribution < -0.4 is 0 Å². The molecule has 0 bridgehead atoms. The van der Waals surface area contributed by atoms with Crippen LogP contribution in [0.4, 0.5) is 0 Å². The molecular formula is C29H36SiZr. The molecule has 2 aromatic carbocycles. The van der Waals surface area contributed by atoms with Crippen molar-refractivity contribution in [1.29, 1.82) is 0 Å². The molecule has 0 aliphatic heterocycles. The van der Waals surface area contributed by atoms with Gasteiger partial charge in [0.25, 0.3) is 0 Å². The summed E-state index contributed by atoms with van der Waals surface area (Å²) in [6.07, 6.45) is 2.70. The Bertz CT molecular complexity index is 1190. The molecule has 2 atom stereocenters. The zero-order valence-electron chi connectivity index (χ0n) is 20.7. The number of fused-ring (bicyclic) bond motifs is 1. The van der Waals surface area contributed by atoms with E-state index in [9.17, 15) is 0 Å². The fourth-order valence-electron chi connectivity index (χ4n) is 5.59. The zero-order valence-corrected chi connectivity index (χ0v) is 24.2. The first kappa shape index (κ1) is 22.9. The van der Waals surface area contributed by atoms with Gasteiger partial charge >= 0.3 is 198 Å². The van der Waals surface area contributed by atoms with Gasteiger partial charge in [-0.3, -0.25) is 0 Å². The SMILES string of the molecule is CC1=C(C)C(C)[C]([Zr]([CH]2C=C(c3cc(C)c(C)c(C)c3)c3ccccc32)=[Si](C)C)=C1C. The van der Waals surface area contributed by atoms with Crippen LogP contribution in [0.15, 0.2) is 62.5 Å². The first-order chi connectivity index (χ1) is 14.6. The van der Waals surface area contributed by atoms with Crippen molar-refractivity contribution in [1.82, 2.24) is 0 Å². The number of rotatable bonds is 3. The third-order valence-corrected chi connectivity index (χ3v) is 26.5. The van der Waals surface area contributed by atoms with E-state index in [0.717, 1.165) is 0 Å². The summed E-state index contributed by atoms with van der Waals surface area (Å²) in [6, 6.07) is 14.1. The molecule has 2 aliphatic rings. The molecule has 0 nitrogen and oxygen atoms in total. The van der Waals surface area contributed by atoms with E-state index in [4.69, 9.17) is 0 Å². The summed E-state index contributed by atoms with van der Waals surface area (Å²) in [5.41, 5.74) is 14.7. The van der Waals surface area contributed by atoms with Gasteiger partial charge in [-0.05, 0) is 0 Å². The predicted molar refractivity (Wildman–Crippen MR) is 135 cm³/mol. The van der Waals surface area contributed by atoms with Gasteiger partial charge in [0.15, 0.2) is 0 Å². The molecule has 0 spiro atoms. The molecule has 0 amide bonds. The molecule has 4 rings (SSSR count). The van der Waals surface area contributed by atoms with Crippen molar-refractivity contribution in [2.45, 2.75) is 65.2 Å². The van der Waals surface area contributed by atoms with Gasteiger partial charge < -0.3 is 0 Å². The van der Waals surface area contributed by atoms with E-state index in [2.05, 4.69) is 104 Å². The number of hydrogen-bond acceptors (Lipinski definition) is 0. The molecule has 2 aliphatic carbocycles. The quantitative estimate of drug-likeness (QED) is 0.370. The summed E-state index contributed by atoms with van der Waals surface area (Å²) in [5, 5.41) is 0. The average Bonchev–Trinajstić information content (AvgIpc) is 3.19. The summed E-state index contributed by atoms with van der Waals surface area (Å²) in [7, 11) is 0. The van der Waals surface area contributed by atoms with Crippen LogP contribution in [0.3, 0.4) is 0 Å². The molecule has 2 heteroatoms. The summed E-state index contributed by atoms with van der Waals surface area (Å²) in [6.45, 7) is 21.6. The first-order valence-electron chi connectivity index (χ1n) is 11.6. The summed E-state index contributed by atoms with van der Waals surface area (Å²) >= 11 is -1.92. The maximum absolute atomic E-state index is 2.70. The van der Waals surface area contributed by atoms with Crippen molar-refractivity contribution in [2.75, 3.05) is 0 Å². The van der Waals surface area contributed by atoms with Gasteiger partial charge in [0, 0.05) is 0 Å². The Morgan fingerprint density at radius 1 is 0.839 bits per heavy atom. The van der Waals surface area contributed by atoms with E-state index in [0.29, 0.717) is 9.54 Å². The number of hydrogen-bond donors (Lipinski definition) is 0. The molecule has 2 aromatic rings. The summed E-state index contributed by atoms with van der Waals surface area (Å²) in [5.74, 6) is 0.655. The second kappa shape index (κ2) is 8.60. The minimum absolute atomic E-state index is 0.352. The van der Waals surface area contributed by atoms with Crippen molar-refractivity contribution >= 4 is 11.0 Å². The average molecular weight is 504 g/mol. The normalized spacial score (nSPS) is 20.4. The van der Waals surface area contributed by atoms with E-state index < -0.39 is 20.4 Å². The van der Waals surface area contributed by atoms with Crippen LogP contribution in [0, 0.1) is 26.7 Å². The van der Waals surface area contributed by atoms with Crippen LogP contribution in [-0.2, 0) is 20.4 Å². The molecule has 0 saturated heterocycles. The van der Waals surface area contributed by atoms with Gasteiger partial charge in [-0.2, -0.15) is 0 Å². The molecule has 160 valence electrons. The van der Waals surface area contributed by atoms with Crippen molar-refractivity contribution < 1.29 is 20.4 Å². The van der Waals surface area contributed by atoms with E-state index in [1.165, 1.54) is 33.4 Å². The van der Waals surface area contributed by atoms with Gasteiger partial charge in [-0.1, -0.05) is 0 Å². The van der Waals surface area contributed by atoms with Crippen molar-refractivity contribution in [3.63, 3.8) is 0 Å². The number of benzene rings is 2. The van der Waals surface area contributed by atoms with E-state index in [1.807, 2.05) is 3.28 Å². The third kappa shape index (κ3) is 3.79. The summed E-state index contributed by atoms with van der Waals surface area (Å²) < 4.78 is 2.58. The molecule has 2 unspecified atom stereocenters. The Kier molecular flexibility index (Phi) is 6.36. The van der Waals surface area contributed by atoms with Crippen molar-refractivity contribution in [3.8, 4) is 0 Å². The van der Waals surface area contributed by atoms with Crippen LogP contribution in [0.5, 0.6) is 0 Å². The molecule has 0 saturated carbocycles. The van der Waals surface area contributed by atoms with Gasteiger partial charge in [-0.15, -0.1) is 0 Å². The second-order valence-corrected chi connectivity index (χ2v) is 27.3. The molecule has 0 heterocycles. The van der Waals surface area contributed by atoms with Crippen molar-refractivity contribution in [3.05, 3.63) is 95.9 Å². The van der Waals surface area contributed by atoms with E-state index >= 15 is 0 Å². The van der Waals surface area contributed by atoms with Crippen LogP contribution in [0.2, 0.25) is 13.1 Å². The Morgan fingerprint density at radius 3 is 2.00 bits per heavy atom. The molecular weight excluding hydrogens is 468 g/mol. The molecule has 0 fully saturated rings. The summed E-state index contributed by atoms with van der Waals surface area (Å²) in [4.78, 5) is 0. The monoisotopic (exact) mass is 502 g/mol. The van der Waals surface area contributed by atoms with Crippen molar-refractivity contribution in [2.24, 2.45) is 5.92 Å². The fraction of sp³-hybridized carbons (Fsp3) is 0.379. The molecule has 0 N–H and O–H groups in total. The van der Waals surface area contributed by atoms with Crippen LogP contribution in [-0.4, -0.2) is 5.43 Å². The Balaban J connectivity index is 1.92. The van der Waals surface area contributed by atoms with Crippen LogP contribution >= 0.6 is 0 Å². The van der Waals surface area contributed by atoms with Gasteiger partial charge in [0.1, 0.15) is 0 Å². The minimum atomic E-state index is -1.92. The van der Waals surface area contributed by atoms with E-state index in [1.54, 1.807) is 22.3 Å². The Morgan fingerprint density at radius 2 is 1.45 bits per heavy atom. The third-order valence-electron chi connectivity index (χ3n) is 7.94. The second-order valence-electron chi connectivity index (χ2n) is 9.86. The fourth-order valence-corrected chi connectivity index (χ4v) is 25.3. The Hall–Kier alpha value is -1.24. The van der Waals surface area contributed by atoms with Gasteiger partial charge in [0.2, 0.25) is 0 Å². The molecule has 0 radical (unpaired) electrons. The standard InChI is InChI=1S/C18H17.C9H13.C2H6Si.Zr/c1-12-10-16(11-13(2)14(12)3)18-9-8-15-6-4-5-7-17(15)18;1-6-5-7(2)9(4)8(6)3;1-3-2;/h4-11H,1-3H3;6H,1-4H3;1-2H3;. The molecule has 0 aromatic heterocycles.